The molecule has 0 atom stereocenters. The van der Waals surface area contributed by atoms with Crippen molar-refractivity contribution in [2.24, 2.45) is 0 Å². The van der Waals surface area contributed by atoms with Crippen LogP contribution in [-0.2, 0) is 11.3 Å². The van der Waals surface area contributed by atoms with Gasteiger partial charge in [0.1, 0.15) is 0 Å². The van der Waals surface area contributed by atoms with Crippen LogP contribution in [0.4, 0.5) is 14.5 Å². The summed E-state index contributed by atoms with van der Waals surface area (Å²) in [6, 6.07) is 9.38. The maximum Gasteiger partial charge on any atom is 0.387 e. The summed E-state index contributed by atoms with van der Waals surface area (Å²) in [6.07, 6.45) is 0. The van der Waals surface area contributed by atoms with Crippen molar-refractivity contribution in [3.63, 3.8) is 0 Å². The molecule has 0 spiro atoms. The SMILES string of the molecule is COc1cc(CN(C)CC(=O)Nc2cc(Cl)cc(Cl)c2)ccc1OC(F)F. The molecule has 2 aromatic carbocycles. The summed E-state index contributed by atoms with van der Waals surface area (Å²) < 4.78 is 34.2. The Kier molecular flexibility index (Phi) is 7.65. The summed E-state index contributed by atoms with van der Waals surface area (Å²) in [6.45, 7) is -2.44. The van der Waals surface area contributed by atoms with Gasteiger partial charge in [-0.15, -0.1) is 0 Å². The van der Waals surface area contributed by atoms with Crippen molar-refractivity contribution in [1.29, 1.82) is 0 Å². The average Bonchev–Trinajstić information content (AvgIpc) is 2.54. The van der Waals surface area contributed by atoms with Crippen molar-refractivity contribution in [3.05, 3.63) is 52.0 Å². The van der Waals surface area contributed by atoms with Gasteiger partial charge in [-0.25, -0.2) is 0 Å². The molecule has 0 aromatic heterocycles. The summed E-state index contributed by atoms with van der Waals surface area (Å²) in [7, 11) is 3.12. The van der Waals surface area contributed by atoms with Gasteiger partial charge in [0.05, 0.1) is 13.7 Å². The molecule has 0 aliphatic carbocycles. The smallest absolute Gasteiger partial charge is 0.387 e. The first-order chi connectivity index (χ1) is 12.8. The maximum atomic E-state index is 12.4. The molecule has 0 bridgehead atoms. The molecule has 1 amide bonds. The summed E-state index contributed by atoms with van der Waals surface area (Å²) in [4.78, 5) is 13.9. The topological polar surface area (TPSA) is 50.8 Å². The van der Waals surface area contributed by atoms with Crippen LogP contribution < -0.4 is 14.8 Å². The van der Waals surface area contributed by atoms with E-state index >= 15 is 0 Å². The Morgan fingerprint density at radius 3 is 2.41 bits per heavy atom. The van der Waals surface area contributed by atoms with Crippen LogP contribution in [0, 0.1) is 0 Å². The number of likely N-dealkylation sites (N-methyl/N-ethyl adjacent to an activating group) is 1. The first-order valence-electron chi connectivity index (χ1n) is 7.83. The number of carbonyl (C=O) groups is 1. The number of hydrogen-bond acceptors (Lipinski definition) is 4. The standard InChI is InChI=1S/C18H18Cl2F2N2O3/c1-24(10-17(25)23-14-7-12(19)6-13(20)8-14)9-11-3-4-15(27-18(21)22)16(5-11)26-2/h3-8,18H,9-10H2,1-2H3,(H,23,25). The van der Waals surface area contributed by atoms with Crippen molar-refractivity contribution < 1.29 is 23.0 Å². The van der Waals surface area contributed by atoms with E-state index in [9.17, 15) is 13.6 Å². The number of carbonyl (C=O) groups excluding carboxylic acids is 1. The van der Waals surface area contributed by atoms with E-state index in [1.54, 1.807) is 42.3 Å². The first-order valence-corrected chi connectivity index (χ1v) is 8.58. The maximum absolute atomic E-state index is 12.4. The van der Waals surface area contributed by atoms with Gasteiger partial charge in [-0.1, -0.05) is 29.3 Å². The number of nitrogens with one attached hydrogen (secondary N) is 1. The zero-order valence-electron chi connectivity index (χ0n) is 14.6. The molecule has 0 radical (unpaired) electrons. The molecule has 0 heterocycles. The fraction of sp³-hybridized carbons (Fsp3) is 0.278. The lowest BCUT2D eigenvalue weighted by Gasteiger charge is -2.18. The van der Waals surface area contributed by atoms with Crippen LogP contribution in [0.3, 0.4) is 0 Å². The fourth-order valence-electron chi connectivity index (χ4n) is 2.44. The Morgan fingerprint density at radius 1 is 1.15 bits per heavy atom. The van der Waals surface area contributed by atoms with Crippen molar-refractivity contribution >= 4 is 34.8 Å². The number of ether oxygens (including phenoxy) is 2. The Bertz CT molecular complexity index is 786. The third-order valence-electron chi connectivity index (χ3n) is 3.46. The van der Waals surface area contributed by atoms with Gasteiger partial charge in [0, 0.05) is 22.3 Å². The molecule has 2 aromatic rings. The second-order valence-corrected chi connectivity index (χ2v) is 6.62. The van der Waals surface area contributed by atoms with Crippen LogP contribution in [0.25, 0.3) is 0 Å². The minimum Gasteiger partial charge on any atom is -0.493 e. The van der Waals surface area contributed by atoms with Crippen LogP contribution in [0.2, 0.25) is 10.0 Å². The molecule has 1 N–H and O–H groups in total. The van der Waals surface area contributed by atoms with Gasteiger partial charge in [-0.2, -0.15) is 8.78 Å². The average molecular weight is 419 g/mol. The highest BCUT2D eigenvalue weighted by molar-refractivity contribution is 6.35. The van der Waals surface area contributed by atoms with Gasteiger partial charge < -0.3 is 14.8 Å². The van der Waals surface area contributed by atoms with E-state index in [4.69, 9.17) is 27.9 Å². The van der Waals surface area contributed by atoms with Gasteiger partial charge in [0.25, 0.3) is 0 Å². The van der Waals surface area contributed by atoms with Crippen LogP contribution >= 0.6 is 23.2 Å². The van der Waals surface area contributed by atoms with E-state index < -0.39 is 6.61 Å². The van der Waals surface area contributed by atoms with E-state index in [2.05, 4.69) is 10.1 Å². The van der Waals surface area contributed by atoms with Crippen LogP contribution in [-0.4, -0.2) is 38.1 Å². The molecule has 2 rings (SSSR count). The predicted molar refractivity (Wildman–Crippen MR) is 101 cm³/mol. The molecule has 146 valence electrons. The number of methoxy groups -OCH3 is 1. The second-order valence-electron chi connectivity index (χ2n) is 5.74. The Hall–Kier alpha value is -2.09. The predicted octanol–water partition coefficient (Wildman–Crippen LogP) is 4.67. The monoisotopic (exact) mass is 418 g/mol. The number of rotatable bonds is 8. The Labute approximate surface area is 165 Å². The van der Waals surface area contributed by atoms with E-state index in [0.29, 0.717) is 22.3 Å². The molecule has 9 heteroatoms. The molecule has 5 nitrogen and oxygen atoms in total. The number of anilines is 1. The molecule has 0 saturated heterocycles. The normalized spacial score (nSPS) is 11.0. The second kappa shape index (κ2) is 9.73. The summed E-state index contributed by atoms with van der Waals surface area (Å²) in [5.74, 6) is -0.103. The molecule has 0 unspecified atom stereocenters. The molecule has 0 saturated carbocycles. The highest BCUT2D eigenvalue weighted by atomic mass is 35.5. The van der Waals surface area contributed by atoms with Gasteiger partial charge in [0.2, 0.25) is 5.91 Å². The van der Waals surface area contributed by atoms with Gasteiger partial charge in [0.15, 0.2) is 11.5 Å². The van der Waals surface area contributed by atoms with Gasteiger partial charge in [-0.3, -0.25) is 9.69 Å². The lowest BCUT2D eigenvalue weighted by Crippen LogP contribution is -2.29. The van der Waals surface area contributed by atoms with E-state index in [1.807, 2.05) is 0 Å². The zero-order chi connectivity index (χ0) is 20.0. The largest absolute Gasteiger partial charge is 0.493 e. The highest BCUT2D eigenvalue weighted by Gasteiger charge is 2.13. The van der Waals surface area contributed by atoms with Crippen LogP contribution in [0.1, 0.15) is 5.56 Å². The lowest BCUT2D eigenvalue weighted by atomic mass is 10.2. The van der Waals surface area contributed by atoms with Crippen molar-refractivity contribution in [1.82, 2.24) is 4.90 Å². The van der Waals surface area contributed by atoms with Crippen molar-refractivity contribution in [2.75, 3.05) is 26.0 Å². The van der Waals surface area contributed by atoms with Crippen molar-refractivity contribution in [2.45, 2.75) is 13.2 Å². The Morgan fingerprint density at radius 2 is 1.81 bits per heavy atom. The molecule has 0 aliphatic rings. The molecule has 0 aliphatic heterocycles. The van der Waals surface area contributed by atoms with Crippen LogP contribution in [0.15, 0.2) is 36.4 Å². The van der Waals surface area contributed by atoms with Crippen molar-refractivity contribution in [3.8, 4) is 11.5 Å². The number of hydrogen-bond donors (Lipinski definition) is 1. The molecular weight excluding hydrogens is 401 g/mol. The number of benzene rings is 2. The molecular formula is C18H18Cl2F2N2O3. The number of alkyl halides is 2. The fourth-order valence-corrected chi connectivity index (χ4v) is 2.97. The molecule has 0 fully saturated rings. The quantitative estimate of drug-likeness (QED) is 0.676. The number of nitrogens with zero attached hydrogens (tertiary/aromatic N) is 1. The number of amides is 1. The third kappa shape index (κ3) is 6.86. The minimum atomic E-state index is -2.93. The van der Waals surface area contributed by atoms with Crippen LogP contribution in [0.5, 0.6) is 11.5 Å². The van der Waals surface area contributed by atoms with Gasteiger partial charge >= 0.3 is 6.61 Å². The Balaban J connectivity index is 1.96. The molecule has 27 heavy (non-hydrogen) atoms. The van der Waals surface area contributed by atoms with E-state index in [0.717, 1.165) is 5.56 Å². The zero-order valence-corrected chi connectivity index (χ0v) is 16.2. The van der Waals surface area contributed by atoms with Gasteiger partial charge in [-0.05, 0) is 42.9 Å². The lowest BCUT2D eigenvalue weighted by molar-refractivity contribution is -0.117. The minimum absolute atomic E-state index is 0.0468. The first kappa shape index (κ1) is 21.2. The van der Waals surface area contributed by atoms with E-state index in [1.165, 1.54) is 13.2 Å². The summed E-state index contributed by atoms with van der Waals surface area (Å²) in [5, 5.41) is 3.56. The summed E-state index contributed by atoms with van der Waals surface area (Å²) >= 11 is 11.8. The number of halogens is 4. The highest BCUT2D eigenvalue weighted by Crippen LogP contribution is 2.29. The van der Waals surface area contributed by atoms with E-state index in [-0.39, 0.29) is 24.0 Å². The third-order valence-corrected chi connectivity index (χ3v) is 3.89. The summed E-state index contributed by atoms with van der Waals surface area (Å²) in [5.41, 5.74) is 1.27.